The van der Waals surface area contributed by atoms with Crippen molar-refractivity contribution in [2.75, 3.05) is 13.7 Å². The van der Waals surface area contributed by atoms with Crippen molar-refractivity contribution in [2.24, 2.45) is 0 Å². The van der Waals surface area contributed by atoms with Crippen molar-refractivity contribution in [2.45, 2.75) is 24.5 Å². The second kappa shape index (κ2) is 12.6. The molecule has 0 spiro atoms. The first kappa shape index (κ1) is 29.2. The summed E-state index contributed by atoms with van der Waals surface area (Å²) >= 11 is 0. The Kier molecular flexibility index (Phi) is 11.1. The number of aryl methyl sites for hydroxylation is 1. The van der Waals surface area contributed by atoms with Crippen LogP contribution in [0.15, 0.2) is 30.3 Å². The molecule has 0 radical (unpaired) electrons. The van der Waals surface area contributed by atoms with Crippen molar-refractivity contribution in [3.63, 3.8) is 0 Å². The molecule has 2 rings (SSSR count). The number of carbonyl (C=O) groups excluding carboxylic acids is 2. The number of ether oxygens (including phenoxy) is 2. The number of Topliss-reactive ketones (excluding diaryl/α,β-unsaturated/α-hetero) is 1. The van der Waals surface area contributed by atoms with E-state index in [1.807, 2.05) is 0 Å². The fourth-order valence-electron chi connectivity index (χ4n) is 2.90. The van der Waals surface area contributed by atoms with Crippen LogP contribution in [0.4, 0.5) is 0 Å². The van der Waals surface area contributed by atoms with E-state index in [9.17, 15) is 38.4 Å². The maximum atomic E-state index is 12.5. The number of aromatic hydroxyl groups is 3. The van der Waals surface area contributed by atoms with E-state index in [1.54, 1.807) is 6.07 Å². The molecule has 2 aromatic carbocycles. The number of carboxylic acid groups (broad SMARTS) is 1. The van der Waals surface area contributed by atoms with Crippen molar-refractivity contribution in [1.29, 1.82) is 0 Å². The van der Waals surface area contributed by atoms with E-state index in [0.29, 0.717) is 5.56 Å². The molecule has 0 amide bonds. The van der Waals surface area contributed by atoms with Gasteiger partial charge in [0.1, 0.15) is 28.1 Å². The normalized spacial score (nSPS) is 11.8. The molecule has 0 aromatic heterocycles. The molecule has 33 heavy (non-hydrogen) atoms. The number of rotatable bonds is 11. The minimum atomic E-state index is -4.90. The van der Waals surface area contributed by atoms with Crippen molar-refractivity contribution in [1.82, 2.24) is 0 Å². The quantitative estimate of drug-likeness (QED) is 0.141. The maximum Gasteiger partial charge on any atom is 1.00 e. The van der Waals surface area contributed by atoms with Gasteiger partial charge in [0.05, 0.1) is 19.7 Å². The summed E-state index contributed by atoms with van der Waals surface area (Å²) in [4.78, 5) is 23.2. The fraction of sp³-hybridized carbons (Fsp3) is 0.300. The van der Waals surface area contributed by atoms with Crippen LogP contribution < -0.4 is 66.0 Å². The molecule has 11 nitrogen and oxygen atoms in total. The molecule has 0 aliphatic rings. The zero-order valence-corrected chi connectivity index (χ0v) is 21.8. The van der Waals surface area contributed by atoms with Gasteiger partial charge in [0, 0.05) is 25.0 Å². The van der Waals surface area contributed by atoms with E-state index < -0.39 is 51.6 Å². The van der Waals surface area contributed by atoms with Crippen molar-refractivity contribution in [3.8, 4) is 28.7 Å². The number of hydrogen-bond donors (Lipinski definition) is 4. The van der Waals surface area contributed by atoms with Crippen LogP contribution in [-0.2, 0) is 21.3 Å². The molecule has 0 saturated heterocycles. The minimum Gasteiger partial charge on any atom is -0.549 e. The molecule has 4 N–H and O–H groups in total. The number of phenols is 3. The molecule has 1 atom stereocenters. The van der Waals surface area contributed by atoms with E-state index in [-0.39, 0.29) is 87.0 Å². The smallest absolute Gasteiger partial charge is 0.549 e. The summed E-state index contributed by atoms with van der Waals surface area (Å²) in [5.74, 6) is -3.79. The Hall–Kier alpha value is -1.87. The molecule has 0 aliphatic carbocycles. The van der Waals surface area contributed by atoms with Gasteiger partial charge in [0.15, 0.2) is 17.3 Å². The van der Waals surface area contributed by atoms with E-state index >= 15 is 0 Å². The molecule has 0 fully saturated rings. The number of methoxy groups -OCH3 is 1. The first-order valence-electron chi connectivity index (χ1n) is 9.19. The van der Waals surface area contributed by atoms with Gasteiger partial charge < -0.3 is 34.7 Å². The molecule has 2 aromatic rings. The standard InChI is InChI=1S/C20H22O11S.K/c1-30-17-5-3-11(8-14(17)22)2-4-13(21)19-15(23)9-12(10-16(19)24)31-7-6-18(20(25)26)32(27,28)29;/h3,5,8-10,18,22-24H,2,4,6-7H2,1H3,(H,25,26)(H,27,28,29);/q;+1/p-1. The van der Waals surface area contributed by atoms with E-state index in [4.69, 9.17) is 14.0 Å². The summed E-state index contributed by atoms with van der Waals surface area (Å²) in [7, 11) is -3.50. The predicted octanol–water partition coefficient (Wildman–Crippen LogP) is -2.59. The summed E-state index contributed by atoms with van der Waals surface area (Å²) in [6.07, 6.45) is -0.555. The largest absolute Gasteiger partial charge is 1.00 e. The summed E-state index contributed by atoms with van der Waals surface area (Å²) in [6, 6.07) is 6.59. The number of carboxylic acids is 1. The van der Waals surface area contributed by atoms with Crippen LogP contribution in [0, 0.1) is 0 Å². The third-order valence-electron chi connectivity index (χ3n) is 4.50. The minimum absolute atomic E-state index is 0. The zero-order chi connectivity index (χ0) is 24.1. The van der Waals surface area contributed by atoms with E-state index in [0.717, 1.165) is 12.1 Å². The summed E-state index contributed by atoms with van der Waals surface area (Å²) in [5.41, 5.74) is 0.262. The molecule has 0 aliphatic heterocycles. The number of ketones is 1. The van der Waals surface area contributed by atoms with Crippen LogP contribution in [0.3, 0.4) is 0 Å². The number of aliphatic carboxylic acids is 1. The van der Waals surface area contributed by atoms with Crippen LogP contribution in [-0.4, -0.2) is 59.0 Å². The summed E-state index contributed by atoms with van der Waals surface area (Å²) in [5, 5.41) is 38.6. The van der Waals surface area contributed by atoms with Crippen LogP contribution in [0.25, 0.3) is 0 Å². The summed E-state index contributed by atoms with van der Waals surface area (Å²) in [6.45, 7) is -0.508. The second-order valence-corrected chi connectivity index (χ2v) is 8.32. The van der Waals surface area contributed by atoms with Gasteiger partial charge in [-0.15, -0.1) is 0 Å². The zero-order valence-electron chi connectivity index (χ0n) is 17.8. The molecule has 0 bridgehead atoms. The third-order valence-corrected chi connectivity index (χ3v) is 5.65. The van der Waals surface area contributed by atoms with Crippen LogP contribution in [0.2, 0.25) is 0 Å². The van der Waals surface area contributed by atoms with Gasteiger partial charge in [-0.3, -0.25) is 9.35 Å². The fourth-order valence-corrected chi connectivity index (χ4v) is 3.54. The Bertz CT molecular complexity index is 1090. The number of benzene rings is 2. The Balaban J connectivity index is 0.00000544. The topological polar surface area (TPSA) is 191 Å². The van der Waals surface area contributed by atoms with Crippen LogP contribution >= 0.6 is 0 Å². The SMILES string of the molecule is COc1ccc(CCC(=O)c2c(O)cc(OCCC(C(=O)[O-])S(=O)(=O)O)cc2O)cc1O.[K+]. The van der Waals surface area contributed by atoms with Crippen LogP contribution in [0.5, 0.6) is 28.7 Å². The van der Waals surface area contributed by atoms with Gasteiger partial charge in [-0.1, -0.05) is 6.07 Å². The van der Waals surface area contributed by atoms with Gasteiger partial charge in [-0.25, -0.2) is 0 Å². The molecular formula is C20H21KO11S. The van der Waals surface area contributed by atoms with E-state index in [1.165, 1.54) is 19.2 Å². The first-order valence-corrected chi connectivity index (χ1v) is 10.7. The summed E-state index contributed by atoms with van der Waals surface area (Å²) < 4.78 is 40.9. The average Bonchev–Trinajstić information content (AvgIpc) is 2.68. The van der Waals surface area contributed by atoms with Gasteiger partial charge in [0.25, 0.3) is 10.1 Å². The van der Waals surface area contributed by atoms with Crippen LogP contribution in [0.1, 0.15) is 28.8 Å². The third kappa shape index (κ3) is 8.13. The molecule has 0 heterocycles. The Labute approximate surface area is 232 Å². The Morgan fingerprint density at radius 1 is 1.06 bits per heavy atom. The first-order chi connectivity index (χ1) is 14.9. The van der Waals surface area contributed by atoms with Gasteiger partial charge in [0.2, 0.25) is 0 Å². The molecule has 1 unspecified atom stereocenters. The van der Waals surface area contributed by atoms with Gasteiger partial charge >= 0.3 is 51.4 Å². The maximum absolute atomic E-state index is 12.5. The Morgan fingerprint density at radius 3 is 2.15 bits per heavy atom. The Morgan fingerprint density at radius 2 is 1.67 bits per heavy atom. The average molecular weight is 509 g/mol. The van der Waals surface area contributed by atoms with Crippen molar-refractivity contribution >= 4 is 21.9 Å². The molecule has 174 valence electrons. The second-order valence-electron chi connectivity index (χ2n) is 6.73. The monoisotopic (exact) mass is 508 g/mol. The van der Waals surface area contributed by atoms with E-state index in [2.05, 4.69) is 0 Å². The number of phenolic OH excluding ortho intramolecular Hbond substituents is 3. The van der Waals surface area contributed by atoms with Gasteiger partial charge in [-0.05, 0) is 24.1 Å². The number of hydrogen-bond acceptors (Lipinski definition) is 10. The van der Waals surface area contributed by atoms with Crippen molar-refractivity contribution < 1.29 is 104 Å². The van der Waals surface area contributed by atoms with Crippen molar-refractivity contribution in [3.05, 3.63) is 41.5 Å². The van der Waals surface area contributed by atoms with Gasteiger partial charge in [-0.2, -0.15) is 8.42 Å². The molecule has 13 heteroatoms. The number of carbonyl (C=O) groups is 2. The molecule has 0 saturated carbocycles. The molecular weight excluding hydrogens is 487 g/mol. The predicted molar refractivity (Wildman–Crippen MR) is 108 cm³/mol.